The number of phenols is 1. The molecule has 0 bridgehead atoms. The summed E-state index contributed by atoms with van der Waals surface area (Å²) >= 11 is 0. The molecule has 0 aliphatic carbocycles. The van der Waals surface area contributed by atoms with Crippen molar-refractivity contribution in [3.8, 4) is 11.5 Å². The van der Waals surface area contributed by atoms with Gasteiger partial charge >= 0.3 is 5.97 Å². The molecule has 0 radical (unpaired) electrons. The van der Waals surface area contributed by atoms with E-state index >= 15 is 0 Å². The number of aliphatic hydroxyl groups excluding tert-OH is 1. The number of hydrogen-bond acceptors (Lipinski definition) is 5. The smallest absolute Gasteiger partial charge is 0.335 e. The number of aromatic hydroxyl groups is 1. The van der Waals surface area contributed by atoms with Crippen LogP contribution in [0, 0.1) is 0 Å². The van der Waals surface area contributed by atoms with E-state index in [1.165, 1.54) is 7.11 Å². The lowest BCUT2D eigenvalue weighted by Gasteiger charge is -2.12. The fourth-order valence-corrected chi connectivity index (χ4v) is 1.43. The predicted octanol–water partition coefficient (Wildman–Crippen LogP) is 0.867. The van der Waals surface area contributed by atoms with Gasteiger partial charge in [-0.3, -0.25) is 0 Å². The van der Waals surface area contributed by atoms with Crippen LogP contribution in [0.5, 0.6) is 11.5 Å². The van der Waals surface area contributed by atoms with Gasteiger partial charge in [-0.05, 0) is 13.0 Å². The number of ether oxygens (including phenoxy) is 2. The average Bonchev–Trinajstić information content (AvgIpc) is 2.33. The summed E-state index contributed by atoms with van der Waals surface area (Å²) in [4.78, 5) is 11.1. The fourth-order valence-electron chi connectivity index (χ4n) is 1.43. The monoisotopic (exact) mass is 240 g/mol. The molecule has 0 saturated heterocycles. The van der Waals surface area contributed by atoms with Gasteiger partial charge in [-0.1, -0.05) is 12.1 Å². The minimum Gasteiger partial charge on any atom is -0.504 e. The molecule has 0 spiro atoms. The number of para-hydroxylation sites is 1. The molecule has 1 unspecified atom stereocenters. The van der Waals surface area contributed by atoms with Gasteiger partial charge < -0.3 is 19.7 Å². The third-order valence-corrected chi connectivity index (χ3v) is 2.27. The first kappa shape index (κ1) is 13.3. The zero-order valence-electron chi connectivity index (χ0n) is 9.84. The molecular formula is C12H16O5. The van der Waals surface area contributed by atoms with Crippen LogP contribution in [0.15, 0.2) is 18.2 Å². The molecule has 5 heteroatoms. The first-order valence-corrected chi connectivity index (χ1v) is 5.29. The molecule has 5 nitrogen and oxygen atoms in total. The van der Waals surface area contributed by atoms with Crippen LogP contribution in [0.25, 0.3) is 0 Å². The van der Waals surface area contributed by atoms with Crippen molar-refractivity contribution in [3.05, 3.63) is 23.8 Å². The zero-order chi connectivity index (χ0) is 12.8. The molecule has 0 heterocycles. The van der Waals surface area contributed by atoms with Crippen LogP contribution in [0.4, 0.5) is 0 Å². The topological polar surface area (TPSA) is 76.0 Å². The van der Waals surface area contributed by atoms with Crippen molar-refractivity contribution in [2.75, 3.05) is 13.7 Å². The Hall–Kier alpha value is -1.75. The maximum atomic E-state index is 11.1. The van der Waals surface area contributed by atoms with Crippen LogP contribution in [0.3, 0.4) is 0 Å². The zero-order valence-corrected chi connectivity index (χ0v) is 9.84. The number of carbonyl (C=O) groups excluding carboxylic acids is 1. The number of phenolic OH excluding ortho intramolecular Hbond substituents is 1. The van der Waals surface area contributed by atoms with Crippen LogP contribution in [0.1, 0.15) is 12.5 Å². The van der Waals surface area contributed by atoms with Gasteiger partial charge in [-0.2, -0.15) is 0 Å². The van der Waals surface area contributed by atoms with Gasteiger partial charge in [0, 0.05) is 12.0 Å². The molecule has 1 aromatic rings. The summed E-state index contributed by atoms with van der Waals surface area (Å²) in [6, 6.07) is 4.92. The Morgan fingerprint density at radius 1 is 1.47 bits per heavy atom. The number of methoxy groups -OCH3 is 1. The van der Waals surface area contributed by atoms with Gasteiger partial charge in [0.1, 0.15) is 0 Å². The molecule has 0 fully saturated rings. The predicted molar refractivity (Wildman–Crippen MR) is 61.0 cm³/mol. The Bertz CT molecular complexity index is 388. The number of aliphatic hydroxyl groups is 1. The maximum Gasteiger partial charge on any atom is 0.335 e. The second kappa shape index (κ2) is 6.10. The molecule has 1 rings (SSSR count). The van der Waals surface area contributed by atoms with Crippen molar-refractivity contribution >= 4 is 5.97 Å². The Morgan fingerprint density at radius 3 is 2.76 bits per heavy atom. The highest BCUT2D eigenvalue weighted by Gasteiger charge is 2.19. The van der Waals surface area contributed by atoms with Crippen molar-refractivity contribution in [2.24, 2.45) is 0 Å². The Labute approximate surface area is 99.6 Å². The lowest BCUT2D eigenvalue weighted by Crippen LogP contribution is -2.24. The SMILES string of the molecule is CCOc1cccc(CC(O)C(=O)OC)c1O. The first-order chi connectivity index (χ1) is 8.10. The molecule has 0 aromatic heterocycles. The van der Waals surface area contributed by atoms with Crippen molar-refractivity contribution in [3.63, 3.8) is 0 Å². The van der Waals surface area contributed by atoms with Crippen LogP contribution < -0.4 is 4.74 Å². The van der Waals surface area contributed by atoms with E-state index in [9.17, 15) is 15.0 Å². The van der Waals surface area contributed by atoms with E-state index in [1.807, 2.05) is 0 Å². The van der Waals surface area contributed by atoms with Gasteiger partial charge in [-0.25, -0.2) is 4.79 Å². The highest BCUT2D eigenvalue weighted by Crippen LogP contribution is 2.30. The van der Waals surface area contributed by atoms with Gasteiger partial charge in [0.25, 0.3) is 0 Å². The fraction of sp³-hybridized carbons (Fsp3) is 0.417. The molecule has 0 aliphatic rings. The standard InChI is InChI=1S/C12H16O5/c1-3-17-10-6-4-5-8(11(10)14)7-9(13)12(15)16-2/h4-6,9,13-14H,3,7H2,1-2H3. The number of benzene rings is 1. The highest BCUT2D eigenvalue weighted by atomic mass is 16.5. The normalized spacial score (nSPS) is 11.9. The number of rotatable bonds is 5. The summed E-state index contributed by atoms with van der Waals surface area (Å²) in [5.41, 5.74) is 0.439. The molecule has 0 aliphatic heterocycles. The summed E-state index contributed by atoms with van der Waals surface area (Å²) in [5, 5.41) is 19.3. The van der Waals surface area contributed by atoms with Gasteiger partial charge in [-0.15, -0.1) is 0 Å². The lowest BCUT2D eigenvalue weighted by molar-refractivity contribution is -0.150. The van der Waals surface area contributed by atoms with Gasteiger partial charge in [0.2, 0.25) is 0 Å². The molecule has 0 saturated carbocycles. The minimum atomic E-state index is -1.29. The second-order valence-corrected chi connectivity index (χ2v) is 3.44. The van der Waals surface area contributed by atoms with E-state index in [0.29, 0.717) is 17.9 Å². The van der Waals surface area contributed by atoms with Crippen LogP contribution in [-0.2, 0) is 16.0 Å². The molecular weight excluding hydrogens is 224 g/mol. The van der Waals surface area contributed by atoms with E-state index < -0.39 is 12.1 Å². The van der Waals surface area contributed by atoms with E-state index in [4.69, 9.17) is 4.74 Å². The third-order valence-electron chi connectivity index (χ3n) is 2.27. The van der Waals surface area contributed by atoms with E-state index in [0.717, 1.165) is 0 Å². The van der Waals surface area contributed by atoms with Crippen molar-refractivity contribution in [2.45, 2.75) is 19.4 Å². The second-order valence-electron chi connectivity index (χ2n) is 3.44. The third kappa shape index (κ3) is 3.35. The van der Waals surface area contributed by atoms with Crippen LogP contribution in [0.2, 0.25) is 0 Å². The van der Waals surface area contributed by atoms with Gasteiger partial charge in [0.15, 0.2) is 17.6 Å². The number of carbonyl (C=O) groups is 1. The van der Waals surface area contributed by atoms with Gasteiger partial charge in [0.05, 0.1) is 13.7 Å². The number of esters is 1. The minimum absolute atomic E-state index is 0.0145. The summed E-state index contributed by atoms with van der Waals surface area (Å²) in [6.45, 7) is 2.23. The number of hydrogen-bond donors (Lipinski definition) is 2. The Balaban J connectivity index is 2.84. The summed E-state index contributed by atoms with van der Waals surface area (Å²) in [7, 11) is 1.20. The summed E-state index contributed by atoms with van der Waals surface area (Å²) in [5.74, 6) is -0.453. The molecule has 94 valence electrons. The highest BCUT2D eigenvalue weighted by molar-refractivity contribution is 5.74. The average molecular weight is 240 g/mol. The Kier molecular flexibility index (Phi) is 4.78. The molecule has 1 aromatic carbocycles. The largest absolute Gasteiger partial charge is 0.504 e. The van der Waals surface area contributed by atoms with E-state index in [1.54, 1.807) is 25.1 Å². The lowest BCUT2D eigenvalue weighted by atomic mass is 10.1. The van der Waals surface area contributed by atoms with Crippen molar-refractivity contribution < 1.29 is 24.5 Å². The quantitative estimate of drug-likeness (QED) is 0.747. The van der Waals surface area contributed by atoms with E-state index in [-0.39, 0.29) is 12.2 Å². The first-order valence-electron chi connectivity index (χ1n) is 5.29. The van der Waals surface area contributed by atoms with E-state index in [2.05, 4.69) is 4.74 Å². The molecule has 0 amide bonds. The van der Waals surface area contributed by atoms with Crippen molar-refractivity contribution in [1.29, 1.82) is 0 Å². The Morgan fingerprint density at radius 2 is 2.18 bits per heavy atom. The summed E-state index contributed by atoms with van der Waals surface area (Å²) in [6.07, 6.45) is -1.30. The van der Waals surface area contributed by atoms with Crippen LogP contribution in [-0.4, -0.2) is 36.0 Å². The van der Waals surface area contributed by atoms with Crippen molar-refractivity contribution in [1.82, 2.24) is 0 Å². The van der Waals surface area contributed by atoms with Crippen LogP contribution >= 0.6 is 0 Å². The molecule has 1 atom stereocenters. The summed E-state index contributed by atoms with van der Waals surface area (Å²) < 4.78 is 9.60. The molecule has 2 N–H and O–H groups in total. The maximum absolute atomic E-state index is 11.1. The molecule has 17 heavy (non-hydrogen) atoms.